The molecule has 3 nitrogen and oxygen atoms in total. The second-order valence-corrected chi connectivity index (χ2v) is 6.11. The van der Waals surface area contributed by atoms with Crippen molar-refractivity contribution in [3.8, 4) is 0 Å². The average molecular weight is 309 g/mol. The van der Waals surface area contributed by atoms with Crippen LogP contribution in [0.25, 0.3) is 0 Å². The summed E-state index contributed by atoms with van der Waals surface area (Å²) in [5.74, 6) is 1.07. The molecule has 1 atom stereocenters. The van der Waals surface area contributed by atoms with Gasteiger partial charge in [0.25, 0.3) is 0 Å². The van der Waals surface area contributed by atoms with E-state index in [2.05, 4.69) is 40.5 Å². The predicted molar refractivity (Wildman–Crippen MR) is 87.7 cm³/mol. The molecule has 3 rings (SSSR count). The molecule has 0 bridgehead atoms. The summed E-state index contributed by atoms with van der Waals surface area (Å²) in [6.07, 6.45) is 5.61. The molecule has 116 valence electrons. The summed E-state index contributed by atoms with van der Waals surface area (Å²) in [4.78, 5) is 14.4. The molecule has 4 heteroatoms. The molecule has 1 amide bonds. The molecule has 2 heterocycles. The minimum absolute atomic E-state index is 0. The third kappa shape index (κ3) is 4.21. The topological polar surface area (TPSA) is 32.3 Å². The highest BCUT2D eigenvalue weighted by Gasteiger charge is 2.29. The zero-order chi connectivity index (χ0) is 13.8. The molecule has 2 aliphatic heterocycles. The van der Waals surface area contributed by atoms with Gasteiger partial charge >= 0.3 is 0 Å². The second-order valence-electron chi connectivity index (χ2n) is 6.11. The highest BCUT2D eigenvalue weighted by molar-refractivity contribution is 5.85. The van der Waals surface area contributed by atoms with Gasteiger partial charge in [0.05, 0.1) is 6.04 Å². The van der Waals surface area contributed by atoms with Crippen LogP contribution in [0.15, 0.2) is 30.3 Å². The number of piperidine rings is 1. The zero-order valence-electron chi connectivity index (χ0n) is 12.5. The number of likely N-dealkylation sites (tertiary alicyclic amines) is 1. The molecule has 2 aliphatic rings. The Morgan fingerprint density at radius 1 is 1.14 bits per heavy atom. The number of amides is 1. The second kappa shape index (κ2) is 7.81. The van der Waals surface area contributed by atoms with E-state index in [9.17, 15) is 4.79 Å². The summed E-state index contributed by atoms with van der Waals surface area (Å²) >= 11 is 0. The van der Waals surface area contributed by atoms with Gasteiger partial charge in [-0.1, -0.05) is 30.3 Å². The fourth-order valence-corrected chi connectivity index (χ4v) is 3.42. The van der Waals surface area contributed by atoms with Gasteiger partial charge in [-0.25, -0.2) is 0 Å². The highest BCUT2D eigenvalue weighted by Crippen LogP contribution is 2.22. The molecule has 2 fully saturated rings. The van der Waals surface area contributed by atoms with Crippen LogP contribution in [-0.2, 0) is 11.2 Å². The van der Waals surface area contributed by atoms with Crippen LogP contribution in [0.1, 0.15) is 31.2 Å². The van der Waals surface area contributed by atoms with Crippen LogP contribution in [0.2, 0.25) is 0 Å². The number of hydrogen-bond acceptors (Lipinski definition) is 2. The summed E-state index contributed by atoms with van der Waals surface area (Å²) in [6.45, 7) is 2.88. The lowest BCUT2D eigenvalue weighted by molar-refractivity contribution is -0.134. The van der Waals surface area contributed by atoms with E-state index < -0.39 is 0 Å². The first-order valence-corrected chi connectivity index (χ1v) is 7.89. The minimum Gasteiger partial charge on any atom is -0.341 e. The zero-order valence-corrected chi connectivity index (χ0v) is 13.3. The fourth-order valence-electron chi connectivity index (χ4n) is 3.42. The molecule has 1 N–H and O–H groups in total. The van der Waals surface area contributed by atoms with Crippen LogP contribution in [0.4, 0.5) is 0 Å². The molecule has 0 unspecified atom stereocenters. The fraction of sp³-hybridized carbons (Fsp3) is 0.588. The number of nitrogens with one attached hydrogen (secondary N) is 1. The van der Waals surface area contributed by atoms with Gasteiger partial charge in [0.2, 0.25) is 5.91 Å². The lowest BCUT2D eigenvalue weighted by atomic mass is 9.90. The van der Waals surface area contributed by atoms with Gasteiger partial charge in [-0.15, -0.1) is 12.4 Å². The molecule has 2 saturated heterocycles. The van der Waals surface area contributed by atoms with Crippen molar-refractivity contribution in [2.45, 2.75) is 38.1 Å². The Hall–Kier alpha value is -1.06. The Morgan fingerprint density at radius 3 is 2.48 bits per heavy atom. The van der Waals surface area contributed by atoms with Crippen LogP contribution in [0.3, 0.4) is 0 Å². The first kappa shape index (κ1) is 16.3. The van der Waals surface area contributed by atoms with Crippen molar-refractivity contribution in [3.63, 3.8) is 0 Å². The van der Waals surface area contributed by atoms with Crippen LogP contribution in [-0.4, -0.2) is 36.5 Å². The monoisotopic (exact) mass is 308 g/mol. The van der Waals surface area contributed by atoms with Crippen molar-refractivity contribution in [1.29, 1.82) is 0 Å². The summed E-state index contributed by atoms with van der Waals surface area (Å²) in [6, 6.07) is 10.8. The molecule has 1 aromatic rings. The molecule has 0 radical (unpaired) electrons. The number of nitrogens with zero attached hydrogens (tertiary/aromatic N) is 1. The van der Waals surface area contributed by atoms with Crippen molar-refractivity contribution in [2.24, 2.45) is 5.92 Å². The lowest BCUT2D eigenvalue weighted by Crippen LogP contribution is -2.47. The van der Waals surface area contributed by atoms with E-state index in [1.807, 2.05) is 0 Å². The molecule has 0 spiro atoms. The molecule has 0 aliphatic carbocycles. The Bertz CT molecular complexity index is 437. The summed E-state index contributed by atoms with van der Waals surface area (Å²) in [5, 5.41) is 3.31. The lowest BCUT2D eigenvalue weighted by Gasteiger charge is -2.33. The smallest absolute Gasteiger partial charge is 0.239 e. The van der Waals surface area contributed by atoms with Crippen LogP contribution < -0.4 is 5.32 Å². The van der Waals surface area contributed by atoms with Gasteiger partial charge in [-0.05, 0) is 50.1 Å². The predicted octanol–water partition coefficient (Wildman–Crippen LogP) is 2.64. The van der Waals surface area contributed by atoms with Crippen molar-refractivity contribution in [1.82, 2.24) is 10.2 Å². The van der Waals surface area contributed by atoms with E-state index in [0.717, 1.165) is 57.7 Å². The summed E-state index contributed by atoms with van der Waals surface area (Å²) in [7, 11) is 0. The number of carbonyl (C=O) groups is 1. The Morgan fingerprint density at radius 2 is 1.86 bits per heavy atom. The van der Waals surface area contributed by atoms with E-state index >= 15 is 0 Å². The minimum atomic E-state index is 0. The van der Waals surface area contributed by atoms with Crippen molar-refractivity contribution in [3.05, 3.63) is 35.9 Å². The van der Waals surface area contributed by atoms with Crippen molar-refractivity contribution < 1.29 is 4.79 Å². The third-order valence-electron chi connectivity index (χ3n) is 4.65. The number of hydrogen-bond donors (Lipinski definition) is 1. The first-order chi connectivity index (χ1) is 9.83. The number of carbonyl (C=O) groups excluding carboxylic acids is 1. The number of benzene rings is 1. The van der Waals surface area contributed by atoms with E-state index in [0.29, 0.717) is 5.91 Å². The van der Waals surface area contributed by atoms with Crippen LogP contribution in [0.5, 0.6) is 0 Å². The molecular formula is C17H25ClN2O. The Balaban J connectivity index is 0.00000161. The normalized spacial score (nSPS) is 22.9. The van der Waals surface area contributed by atoms with Gasteiger partial charge in [0.1, 0.15) is 0 Å². The molecule has 21 heavy (non-hydrogen) atoms. The number of halogens is 1. The van der Waals surface area contributed by atoms with Crippen LogP contribution >= 0.6 is 12.4 Å². The maximum Gasteiger partial charge on any atom is 0.239 e. The van der Waals surface area contributed by atoms with E-state index in [4.69, 9.17) is 0 Å². The summed E-state index contributed by atoms with van der Waals surface area (Å²) < 4.78 is 0. The van der Waals surface area contributed by atoms with E-state index in [-0.39, 0.29) is 18.4 Å². The quantitative estimate of drug-likeness (QED) is 0.931. The van der Waals surface area contributed by atoms with E-state index in [1.54, 1.807) is 0 Å². The standard InChI is InChI=1S/C17H24N2O.ClH/c20-17(16-7-4-10-18-16)19-11-8-15(9-12-19)13-14-5-2-1-3-6-14;/h1-3,5-6,15-16,18H,4,7-13H2;1H/t16-;/m1./s1. The maximum atomic E-state index is 12.3. The van der Waals surface area contributed by atoms with Gasteiger partial charge in [-0.2, -0.15) is 0 Å². The van der Waals surface area contributed by atoms with Gasteiger partial charge in [0, 0.05) is 13.1 Å². The van der Waals surface area contributed by atoms with Crippen LogP contribution in [0, 0.1) is 5.92 Å². The van der Waals surface area contributed by atoms with Gasteiger partial charge in [-0.3, -0.25) is 4.79 Å². The van der Waals surface area contributed by atoms with Crippen molar-refractivity contribution >= 4 is 18.3 Å². The Kier molecular flexibility index (Phi) is 6.07. The molecule has 0 saturated carbocycles. The van der Waals surface area contributed by atoms with Gasteiger partial charge in [0.15, 0.2) is 0 Å². The number of rotatable bonds is 3. The van der Waals surface area contributed by atoms with E-state index in [1.165, 1.54) is 5.56 Å². The summed E-state index contributed by atoms with van der Waals surface area (Å²) in [5.41, 5.74) is 1.43. The Labute approximate surface area is 133 Å². The molecule has 0 aromatic heterocycles. The first-order valence-electron chi connectivity index (χ1n) is 7.89. The molecule has 1 aromatic carbocycles. The highest BCUT2D eigenvalue weighted by atomic mass is 35.5. The van der Waals surface area contributed by atoms with Crippen molar-refractivity contribution in [2.75, 3.05) is 19.6 Å². The SMILES string of the molecule is Cl.O=C([C@H]1CCCN1)N1CCC(Cc2ccccc2)CC1. The average Bonchev–Trinajstić information content (AvgIpc) is 3.03. The van der Waals surface area contributed by atoms with Gasteiger partial charge < -0.3 is 10.2 Å². The molecular weight excluding hydrogens is 284 g/mol. The largest absolute Gasteiger partial charge is 0.341 e. The third-order valence-corrected chi connectivity index (χ3v) is 4.65. The maximum absolute atomic E-state index is 12.3.